The van der Waals surface area contributed by atoms with Crippen LogP contribution in [-0.2, 0) is 6.61 Å². The van der Waals surface area contributed by atoms with E-state index in [-0.39, 0.29) is 5.91 Å². The molecule has 8 nitrogen and oxygen atoms in total. The largest absolute Gasteiger partial charge is 0.493 e. The average molecular weight is 433 g/mol. The fourth-order valence-electron chi connectivity index (χ4n) is 3.30. The van der Waals surface area contributed by atoms with Gasteiger partial charge in [-0.25, -0.2) is 4.98 Å². The SMILES string of the molecule is COc1cc(NC(=O)c2cccc(OCc3cn4ccccc4n3)c2)cc(OC)c1OC. The van der Waals surface area contributed by atoms with Crippen molar-refractivity contribution < 1.29 is 23.7 Å². The van der Waals surface area contributed by atoms with E-state index in [9.17, 15) is 4.79 Å². The molecule has 0 bridgehead atoms. The maximum Gasteiger partial charge on any atom is 0.255 e. The maximum atomic E-state index is 12.8. The van der Waals surface area contributed by atoms with Crippen LogP contribution >= 0.6 is 0 Å². The number of hydrogen-bond donors (Lipinski definition) is 1. The van der Waals surface area contributed by atoms with Gasteiger partial charge in [-0.05, 0) is 30.3 Å². The summed E-state index contributed by atoms with van der Waals surface area (Å²) in [7, 11) is 4.57. The highest BCUT2D eigenvalue weighted by Gasteiger charge is 2.15. The topological polar surface area (TPSA) is 83.3 Å². The third-order valence-electron chi connectivity index (χ3n) is 4.82. The molecule has 0 saturated carbocycles. The molecule has 0 aliphatic rings. The molecule has 0 aliphatic heterocycles. The Morgan fingerprint density at radius 3 is 2.44 bits per heavy atom. The van der Waals surface area contributed by atoms with Crippen molar-refractivity contribution in [3.8, 4) is 23.0 Å². The Hall–Kier alpha value is -4.20. The van der Waals surface area contributed by atoms with Crippen molar-refractivity contribution in [1.29, 1.82) is 0 Å². The zero-order valence-electron chi connectivity index (χ0n) is 18.0. The van der Waals surface area contributed by atoms with Crippen LogP contribution in [0.15, 0.2) is 67.0 Å². The highest BCUT2D eigenvalue weighted by atomic mass is 16.5. The van der Waals surface area contributed by atoms with Crippen LogP contribution in [0.2, 0.25) is 0 Å². The van der Waals surface area contributed by atoms with E-state index in [1.165, 1.54) is 21.3 Å². The first kappa shape index (κ1) is 21.0. The van der Waals surface area contributed by atoms with E-state index in [2.05, 4.69) is 10.3 Å². The Morgan fingerprint density at radius 1 is 0.969 bits per heavy atom. The van der Waals surface area contributed by atoms with E-state index in [1.807, 2.05) is 35.0 Å². The fraction of sp³-hybridized carbons (Fsp3) is 0.167. The molecule has 1 amide bonds. The van der Waals surface area contributed by atoms with Crippen LogP contribution in [0, 0.1) is 0 Å². The Labute approximate surface area is 185 Å². The number of anilines is 1. The lowest BCUT2D eigenvalue weighted by molar-refractivity contribution is 0.102. The molecule has 164 valence electrons. The number of imidazole rings is 1. The van der Waals surface area contributed by atoms with Crippen molar-refractivity contribution >= 4 is 17.2 Å². The molecule has 2 aromatic carbocycles. The Kier molecular flexibility index (Phi) is 6.12. The number of carbonyl (C=O) groups is 1. The number of fused-ring (bicyclic) bond motifs is 1. The number of nitrogens with one attached hydrogen (secondary N) is 1. The summed E-state index contributed by atoms with van der Waals surface area (Å²) in [6.07, 6.45) is 3.84. The molecular weight excluding hydrogens is 410 g/mol. The van der Waals surface area contributed by atoms with Crippen molar-refractivity contribution in [2.24, 2.45) is 0 Å². The summed E-state index contributed by atoms with van der Waals surface area (Å²) in [5.74, 6) is 1.63. The zero-order valence-corrected chi connectivity index (χ0v) is 18.0. The van der Waals surface area contributed by atoms with Gasteiger partial charge >= 0.3 is 0 Å². The standard InChI is InChI=1S/C24H23N3O5/c1-29-20-12-17(13-21(30-2)23(20)31-3)26-24(28)16-7-6-8-19(11-16)32-15-18-14-27-10-5-4-9-22(27)25-18/h4-14H,15H2,1-3H3,(H,26,28). The number of hydrogen-bond acceptors (Lipinski definition) is 6. The van der Waals surface area contributed by atoms with Crippen LogP contribution in [0.3, 0.4) is 0 Å². The summed E-state index contributed by atoms with van der Waals surface area (Å²) in [5.41, 5.74) is 2.61. The first-order chi connectivity index (χ1) is 15.6. The van der Waals surface area contributed by atoms with Crippen LogP contribution in [0.4, 0.5) is 5.69 Å². The molecule has 0 saturated heterocycles. The quantitative estimate of drug-likeness (QED) is 0.449. The average Bonchev–Trinajstić information content (AvgIpc) is 3.25. The van der Waals surface area contributed by atoms with Gasteiger partial charge in [0.25, 0.3) is 5.91 Å². The van der Waals surface area contributed by atoms with Crippen molar-refractivity contribution in [2.45, 2.75) is 6.61 Å². The van der Waals surface area contributed by atoms with Crippen LogP contribution < -0.4 is 24.3 Å². The van der Waals surface area contributed by atoms with Gasteiger partial charge in [-0.15, -0.1) is 0 Å². The van der Waals surface area contributed by atoms with E-state index in [1.54, 1.807) is 36.4 Å². The normalized spacial score (nSPS) is 10.6. The Balaban J connectivity index is 1.47. The van der Waals surface area contributed by atoms with Crippen molar-refractivity contribution in [1.82, 2.24) is 9.38 Å². The second-order valence-electron chi connectivity index (χ2n) is 6.88. The maximum absolute atomic E-state index is 12.8. The molecule has 4 aromatic rings. The molecule has 0 unspecified atom stereocenters. The lowest BCUT2D eigenvalue weighted by Crippen LogP contribution is -2.12. The number of aromatic nitrogens is 2. The number of pyridine rings is 1. The molecule has 1 N–H and O–H groups in total. The second-order valence-corrected chi connectivity index (χ2v) is 6.88. The van der Waals surface area contributed by atoms with Crippen molar-refractivity contribution in [2.75, 3.05) is 26.6 Å². The van der Waals surface area contributed by atoms with Gasteiger partial charge in [0.05, 0.1) is 27.0 Å². The van der Waals surface area contributed by atoms with E-state index >= 15 is 0 Å². The Morgan fingerprint density at radius 2 is 1.75 bits per heavy atom. The molecule has 8 heteroatoms. The van der Waals surface area contributed by atoms with E-state index in [4.69, 9.17) is 18.9 Å². The van der Waals surface area contributed by atoms with Gasteiger partial charge in [0.2, 0.25) is 5.75 Å². The first-order valence-corrected chi connectivity index (χ1v) is 9.88. The molecule has 4 rings (SSSR count). The van der Waals surface area contributed by atoms with Crippen LogP contribution in [-0.4, -0.2) is 36.6 Å². The van der Waals surface area contributed by atoms with Crippen LogP contribution in [0.1, 0.15) is 16.1 Å². The number of rotatable bonds is 8. The minimum Gasteiger partial charge on any atom is -0.493 e. The van der Waals surface area contributed by atoms with Crippen LogP contribution in [0.25, 0.3) is 5.65 Å². The summed E-state index contributed by atoms with van der Waals surface area (Å²) in [6.45, 7) is 0.291. The molecule has 32 heavy (non-hydrogen) atoms. The number of benzene rings is 2. The highest BCUT2D eigenvalue weighted by Crippen LogP contribution is 2.40. The summed E-state index contributed by atoms with van der Waals surface area (Å²) in [4.78, 5) is 17.3. The van der Waals surface area contributed by atoms with E-state index < -0.39 is 0 Å². The summed E-state index contributed by atoms with van der Waals surface area (Å²) >= 11 is 0. The molecule has 0 radical (unpaired) electrons. The predicted octanol–water partition coefficient (Wildman–Crippen LogP) is 4.19. The number of nitrogens with zero attached hydrogens (tertiary/aromatic N) is 2. The molecule has 2 heterocycles. The number of methoxy groups -OCH3 is 3. The van der Waals surface area contributed by atoms with Gasteiger partial charge in [0, 0.05) is 35.8 Å². The lowest BCUT2D eigenvalue weighted by atomic mass is 10.2. The fourth-order valence-corrected chi connectivity index (χ4v) is 3.30. The summed E-state index contributed by atoms with van der Waals surface area (Å²) < 4.78 is 23.8. The third-order valence-corrected chi connectivity index (χ3v) is 4.82. The van der Waals surface area contributed by atoms with Gasteiger partial charge in [-0.1, -0.05) is 12.1 Å². The molecule has 2 aromatic heterocycles. The van der Waals surface area contributed by atoms with Crippen molar-refractivity contribution in [3.63, 3.8) is 0 Å². The van der Waals surface area contributed by atoms with Gasteiger partial charge in [-0.3, -0.25) is 4.79 Å². The smallest absolute Gasteiger partial charge is 0.255 e. The number of ether oxygens (including phenoxy) is 4. The second kappa shape index (κ2) is 9.30. The third kappa shape index (κ3) is 4.44. The molecular formula is C24H23N3O5. The summed E-state index contributed by atoms with van der Waals surface area (Å²) in [6, 6.07) is 16.1. The lowest BCUT2D eigenvalue weighted by Gasteiger charge is -2.14. The Bertz CT molecular complexity index is 1190. The number of carbonyl (C=O) groups excluding carboxylic acids is 1. The van der Waals surface area contributed by atoms with Crippen LogP contribution in [0.5, 0.6) is 23.0 Å². The predicted molar refractivity (Wildman–Crippen MR) is 120 cm³/mol. The van der Waals surface area contributed by atoms with E-state index in [0.29, 0.717) is 40.9 Å². The van der Waals surface area contributed by atoms with Gasteiger partial charge < -0.3 is 28.7 Å². The minimum atomic E-state index is -0.294. The van der Waals surface area contributed by atoms with Gasteiger partial charge in [0.15, 0.2) is 11.5 Å². The molecule has 0 atom stereocenters. The summed E-state index contributed by atoms with van der Waals surface area (Å²) in [5, 5.41) is 2.85. The molecule has 0 spiro atoms. The van der Waals surface area contributed by atoms with Gasteiger partial charge in [0.1, 0.15) is 18.0 Å². The minimum absolute atomic E-state index is 0.291. The van der Waals surface area contributed by atoms with Crippen molar-refractivity contribution in [3.05, 3.63) is 78.2 Å². The number of amides is 1. The monoisotopic (exact) mass is 433 g/mol. The first-order valence-electron chi connectivity index (χ1n) is 9.88. The molecule has 0 aliphatic carbocycles. The zero-order chi connectivity index (χ0) is 22.5. The van der Waals surface area contributed by atoms with E-state index in [0.717, 1.165) is 11.3 Å². The highest BCUT2D eigenvalue weighted by molar-refractivity contribution is 6.04. The van der Waals surface area contributed by atoms with Gasteiger partial charge in [-0.2, -0.15) is 0 Å². The molecule has 0 fully saturated rings.